The lowest BCUT2D eigenvalue weighted by Crippen LogP contribution is -2.22. The van der Waals surface area contributed by atoms with Crippen molar-refractivity contribution in [2.24, 2.45) is 0 Å². The van der Waals surface area contributed by atoms with Crippen molar-refractivity contribution in [3.8, 4) is 0 Å². The molecule has 0 spiro atoms. The van der Waals surface area contributed by atoms with Gasteiger partial charge in [0.15, 0.2) is 8.68 Å². The van der Waals surface area contributed by atoms with Crippen LogP contribution in [0.2, 0.25) is 5.02 Å². The number of nitrogens with zero attached hydrogens (tertiary/aromatic N) is 2. The molecule has 0 unspecified atom stereocenters. The molecule has 0 fully saturated rings. The Kier molecular flexibility index (Phi) is 7.20. The van der Waals surface area contributed by atoms with Crippen LogP contribution in [-0.2, 0) is 4.79 Å². The van der Waals surface area contributed by atoms with Crippen LogP contribution in [0, 0.1) is 6.92 Å². The molecule has 2 rings (SSSR count). The number of rotatable bonds is 7. The van der Waals surface area contributed by atoms with Gasteiger partial charge in [-0.2, -0.15) is 0 Å². The fourth-order valence-corrected chi connectivity index (χ4v) is 4.94. The number of anilines is 1. The first-order valence-electron chi connectivity index (χ1n) is 7.20. The van der Waals surface area contributed by atoms with E-state index in [2.05, 4.69) is 22.4 Å². The maximum atomic E-state index is 12.3. The fourth-order valence-electron chi connectivity index (χ4n) is 1.67. The average molecular weight is 388 g/mol. The lowest BCUT2D eigenvalue weighted by atomic mass is 10.2. The summed E-state index contributed by atoms with van der Waals surface area (Å²) in [6.45, 7) is 5.88. The van der Waals surface area contributed by atoms with Crippen molar-refractivity contribution < 1.29 is 4.79 Å². The van der Waals surface area contributed by atoms with Crippen molar-refractivity contribution in [3.05, 3.63) is 28.8 Å². The Morgan fingerprint density at radius 2 is 2.13 bits per heavy atom. The van der Waals surface area contributed by atoms with Crippen LogP contribution in [0.3, 0.4) is 0 Å². The van der Waals surface area contributed by atoms with Gasteiger partial charge in [0.05, 0.1) is 5.25 Å². The van der Waals surface area contributed by atoms with E-state index in [4.69, 9.17) is 11.6 Å². The molecule has 0 saturated heterocycles. The minimum Gasteiger partial charge on any atom is -0.325 e. The fraction of sp³-hybridized carbons (Fsp3) is 0.400. The zero-order valence-corrected chi connectivity index (χ0v) is 16.3. The molecule has 2 aromatic rings. The standard InChI is InChI=1S/C15H18ClN3OS3/c1-4-8-21-14-18-19-15(23-14)22-10(3)13(20)17-12-7-5-6-11(16)9(12)2/h5-7,10H,4,8H2,1-3H3,(H,17,20)/t10-/m1/s1. The molecule has 1 aromatic carbocycles. The van der Waals surface area contributed by atoms with Gasteiger partial charge in [-0.05, 0) is 38.0 Å². The molecule has 8 heteroatoms. The van der Waals surface area contributed by atoms with Gasteiger partial charge in [-0.3, -0.25) is 4.79 Å². The van der Waals surface area contributed by atoms with E-state index in [9.17, 15) is 4.79 Å². The number of carbonyl (C=O) groups is 1. The monoisotopic (exact) mass is 387 g/mol. The molecule has 0 aliphatic carbocycles. The minimum atomic E-state index is -0.259. The Hall–Kier alpha value is -0.760. The van der Waals surface area contributed by atoms with Crippen LogP contribution in [0.25, 0.3) is 0 Å². The number of amides is 1. The van der Waals surface area contributed by atoms with Crippen LogP contribution in [0.5, 0.6) is 0 Å². The van der Waals surface area contributed by atoms with E-state index in [1.165, 1.54) is 23.1 Å². The first-order chi connectivity index (χ1) is 11.0. The van der Waals surface area contributed by atoms with Crippen LogP contribution < -0.4 is 5.32 Å². The number of halogens is 1. The summed E-state index contributed by atoms with van der Waals surface area (Å²) < 4.78 is 1.77. The van der Waals surface area contributed by atoms with Gasteiger partial charge >= 0.3 is 0 Å². The molecule has 1 heterocycles. The number of benzene rings is 1. The van der Waals surface area contributed by atoms with E-state index in [0.29, 0.717) is 5.02 Å². The second kappa shape index (κ2) is 8.92. The lowest BCUT2D eigenvalue weighted by molar-refractivity contribution is -0.115. The molecule has 4 nitrogen and oxygen atoms in total. The zero-order valence-electron chi connectivity index (χ0n) is 13.1. The summed E-state index contributed by atoms with van der Waals surface area (Å²) in [7, 11) is 0. The van der Waals surface area contributed by atoms with E-state index in [1.807, 2.05) is 32.0 Å². The van der Waals surface area contributed by atoms with Crippen LogP contribution in [0.1, 0.15) is 25.8 Å². The highest BCUT2D eigenvalue weighted by molar-refractivity contribution is 8.03. The number of hydrogen-bond acceptors (Lipinski definition) is 6. The van der Waals surface area contributed by atoms with E-state index in [-0.39, 0.29) is 11.2 Å². The second-order valence-electron chi connectivity index (χ2n) is 4.84. The predicted molar refractivity (Wildman–Crippen MR) is 101 cm³/mol. The molecular formula is C15H18ClN3OS3. The highest BCUT2D eigenvalue weighted by Gasteiger charge is 2.18. The molecule has 23 heavy (non-hydrogen) atoms. The topological polar surface area (TPSA) is 54.9 Å². The van der Waals surface area contributed by atoms with Gasteiger partial charge in [-0.1, -0.05) is 59.5 Å². The van der Waals surface area contributed by atoms with E-state index >= 15 is 0 Å². The maximum absolute atomic E-state index is 12.3. The van der Waals surface area contributed by atoms with Crippen molar-refractivity contribution in [1.29, 1.82) is 0 Å². The van der Waals surface area contributed by atoms with Crippen molar-refractivity contribution in [2.75, 3.05) is 11.1 Å². The molecule has 0 radical (unpaired) electrons. The van der Waals surface area contributed by atoms with Crippen LogP contribution in [0.15, 0.2) is 26.9 Å². The quantitative estimate of drug-likeness (QED) is 0.668. The average Bonchev–Trinajstić information content (AvgIpc) is 2.97. The van der Waals surface area contributed by atoms with Crippen LogP contribution in [0.4, 0.5) is 5.69 Å². The summed E-state index contributed by atoms with van der Waals surface area (Å²) in [4.78, 5) is 12.3. The molecule has 1 N–H and O–H groups in total. The molecule has 0 aliphatic rings. The van der Waals surface area contributed by atoms with Crippen molar-refractivity contribution in [3.63, 3.8) is 0 Å². The van der Waals surface area contributed by atoms with E-state index in [0.717, 1.165) is 32.1 Å². The number of nitrogens with one attached hydrogen (secondary N) is 1. The largest absolute Gasteiger partial charge is 0.325 e. The van der Waals surface area contributed by atoms with Gasteiger partial charge in [-0.25, -0.2) is 0 Å². The number of hydrogen-bond donors (Lipinski definition) is 1. The minimum absolute atomic E-state index is 0.0710. The lowest BCUT2D eigenvalue weighted by Gasteiger charge is -2.12. The number of aromatic nitrogens is 2. The van der Waals surface area contributed by atoms with Crippen molar-refractivity contribution >= 4 is 58.1 Å². The molecule has 1 amide bonds. The van der Waals surface area contributed by atoms with Gasteiger partial charge < -0.3 is 5.32 Å². The summed E-state index contributed by atoms with van der Waals surface area (Å²) in [6, 6.07) is 5.48. The second-order valence-corrected chi connectivity index (χ2v) is 9.16. The van der Waals surface area contributed by atoms with Gasteiger partial charge in [0.1, 0.15) is 0 Å². The third-order valence-electron chi connectivity index (χ3n) is 2.99. The predicted octanol–water partition coefficient (Wildman–Crippen LogP) is 5.12. The smallest absolute Gasteiger partial charge is 0.237 e. The SMILES string of the molecule is CCCSc1nnc(S[C@H](C)C(=O)Nc2cccc(Cl)c2C)s1. The summed E-state index contributed by atoms with van der Waals surface area (Å²) >= 11 is 10.7. The maximum Gasteiger partial charge on any atom is 0.237 e. The summed E-state index contributed by atoms with van der Waals surface area (Å²) in [5, 5.41) is 11.6. The van der Waals surface area contributed by atoms with Crippen molar-refractivity contribution in [1.82, 2.24) is 10.2 Å². The van der Waals surface area contributed by atoms with Crippen LogP contribution >= 0.6 is 46.5 Å². The third kappa shape index (κ3) is 5.38. The first-order valence-corrected chi connectivity index (χ1v) is 10.3. The Bertz CT molecular complexity index is 678. The van der Waals surface area contributed by atoms with Gasteiger partial charge in [-0.15, -0.1) is 10.2 Å². The van der Waals surface area contributed by atoms with Crippen LogP contribution in [-0.4, -0.2) is 27.1 Å². The normalized spacial score (nSPS) is 12.2. The Labute approximate surface area is 153 Å². The molecular weight excluding hydrogens is 370 g/mol. The highest BCUT2D eigenvalue weighted by atomic mass is 35.5. The summed E-state index contributed by atoms with van der Waals surface area (Å²) in [6.07, 6.45) is 1.10. The molecule has 0 saturated carbocycles. The third-order valence-corrected chi connectivity index (χ3v) is 6.85. The van der Waals surface area contributed by atoms with E-state index < -0.39 is 0 Å². The van der Waals surface area contributed by atoms with Gasteiger partial charge in [0.2, 0.25) is 5.91 Å². The highest BCUT2D eigenvalue weighted by Crippen LogP contribution is 2.32. The zero-order chi connectivity index (χ0) is 16.8. The first kappa shape index (κ1) is 18.6. The molecule has 0 bridgehead atoms. The summed E-state index contributed by atoms with van der Waals surface area (Å²) in [5.74, 6) is 0.960. The van der Waals surface area contributed by atoms with Crippen molar-refractivity contribution in [2.45, 2.75) is 41.1 Å². The van der Waals surface area contributed by atoms with Gasteiger partial charge in [0.25, 0.3) is 0 Å². The molecule has 124 valence electrons. The molecule has 0 aliphatic heterocycles. The molecule has 1 aromatic heterocycles. The Balaban J connectivity index is 1.94. The number of carbonyl (C=O) groups excluding carboxylic acids is 1. The Morgan fingerprint density at radius 1 is 1.39 bits per heavy atom. The van der Waals surface area contributed by atoms with E-state index in [1.54, 1.807) is 11.8 Å². The van der Waals surface area contributed by atoms with Gasteiger partial charge in [0, 0.05) is 16.5 Å². The Morgan fingerprint density at radius 3 is 2.87 bits per heavy atom. The summed E-state index contributed by atoms with van der Waals surface area (Å²) in [5.41, 5.74) is 1.61. The molecule has 1 atom stereocenters. The number of thioether (sulfide) groups is 2.